The lowest BCUT2D eigenvalue weighted by atomic mass is 10.3. The van der Waals surface area contributed by atoms with Gasteiger partial charge in [0.15, 0.2) is 15.7 Å². The maximum Gasteiger partial charge on any atom is 0.235 e. The van der Waals surface area contributed by atoms with Crippen molar-refractivity contribution in [2.45, 2.75) is 25.5 Å². The Morgan fingerprint density at radius 2 is 2.26 bits per heavy atom. The van der Waals surface area contributed by atoms with Crippen molar-refractivity contribution in [1.82, 2.24) is 10.2 Å². The average molecular weight is 303 g/mol. The van der Waals surface area contributed by atoms with Crippen molar-refractivity contribution in [3.8, 4) is 0 Å². The minimum atomic E-state index is -2.88. The highest BCUT2D eigenvalue weighted by molar-refractivity contribution is 8.02. The Kier molecular flexibility index (Phi) is 4.19. The molecule has 0 radical (unpaired) electrons. The van der Waals surface area contributed by atoms with Crippen LogP contribution < -0.4 is 5.32 Å². The maximum atomic E-state index is 11.8. The minimum absolute atomic E-state index is 0.0396. The van der Waals surface area contributed by atoms with E-state index in [0.29, 0.717) is 12.2 Å². The number of nitrogens with one attached hydrogen (secondary N) is 2. The molecule has 1 unspecified atom stereocenters. The van der Waals surface area contributed by atoms with Crippen LogP contribution in [-0.2, 0) is 14.6 Å². The fourth-order valence-corrected chi connectivity index (χ4v) is 5.30. The molecular formula is C11H17N3O3S2. The number of nitrogens with zero attached hydrogens (tertiary/aromatic N) is 1. The van der Waals surface area contributed by atoms with Crippen molar-refractivity contribution >= 4 is 33.3 Å². The first-order chi connectivity index (χ1) is 8.87. The fraction of sp³-hybridized carbons (Fsp3) is 0.636. The molecule has 1 atom stereocenters. The summed E-state index contributed by atoms with van der Waals surface area (Å²) in [5.74, 6) is 1.08. The Labute approximate surface area is 116 Å². The van der Waals surface area contributed by atoms with E-state index >= 15 is 0 Å². The monoisotopic (exact) mass is 303 g/mol. The van der Waals surface area contributed by atoms with Crippen molar-refractivity contribution in [3.05, 3.63) is 11.3 Å². The van der Waals surface area contributed by atoms with Crippen LogP contribution in [0.5, 0.6) is 0 Å². The number of aromatic amines is 1. The van der Waals surface area contributed by atoms with Gasteiger partial charge in [0.2, 0.25) is 5.91 Å². The Balaban J connectivity index is 1.81. The van der Waals surface area contributed by atoms with Gasteiger partial charge in [-0.1, -0.05) is 0 Å². The van der Waals surface area contributed by atoms with E-state index in [0.717, 1.165) is 11.3 Å². The molecule has 1 aromatic rings. The number of H-pyrrole nitrogens is 1. The van der Waals surface area contributed by atoms with E-state index in [2.05, 4.69) is 15.5 Å². The molecule has 1 saturated heterocycles. The molecule has 0 bridgehead atoms. The average Bonchev–Trinajstić information content (AvgIpc) is 2.83. The highest BCUT2D eigenvalue weighted by atomic mass is 32.2. The SMILES string of the molecule is Cc1[nH]nc(NC(=O)CSC2CCS(=O)(=O)C2)c1C. The van der Waals surface area contributed by atoms with Gasteiger partial charge in [0.1, 0.15) is 0 Å². The fourth-order valence-electron chi connectivity index (χ4n) is 1.86. The first-order valence-corrected chi connectivity index (χ1v) is 8.88. The van der Waals surface area contributed by atoms with Gasteiger partial charge >= 0.3 is 0 Å². The molecule has 106 valence electrons. The number of aromatic nitrogens is 2. The van der Waals surface area contributed by atoms with E-state index in [1.54, 1.807) is 0 Å². The van der Waals surface area contributed by atoms with Crippen LogP contribution >= 0.6 is 11.8 Å². The molecular weight excluding hydrogens is 286 g/mol. The maximum absolute atomic E-state index is 11.8. The van der Waals surface area contributed by atoms with Gasteiger partial charge in [-0.3, -0.25) is 9.89 Å². The van der Waals surface area contributed by atoms with Gasteiger partial charge < -0.3 is 5.32 Å². The van der Waals surface area contributed by atoms with Crippen LogP contribution in [0.15, 0.2) is 0 Å². The normalized spacial score (nSPS) is 21.5. The van der Waals surface area contributed by atoms with Crippen LogP contribution in [-0.4, -0.2) is 47.0 Å². The predicted octanol–water partition coefficient (Wildman–Crippen LogP) is 0.885. The molecule has 1 amide bonds. The van der Waals surface area contributed by atoms with Gasteiger partial charge in [-0.05, 0) is 20.3 Å². The number of carbonyl (C=O) groups excluding carboxylic acids is 1. The number of aryl methyl sites for hydroxylation is 1. The lowest BCUT2D eigenvalue weighted by Crippen LogP contribution is -2.18. The summed E-state index contributed by atoms with van der Waals surface area (Å²) in [6.07, 6.45) is 0.640. The summed E-state index contributed by atoms with van der Waals surface area (Å²) in [6, 6.07) is 0. The number of amides is 1. The number of rotatable bonds is 4. The van der Waals surface area contributed by atoms with Gasteiger partial charge in [0.05, 0.1) is 17.3 Å². The molecule has 2 N–H and O–H groups in total. The summed E-state index contributed by atoms with van der Waals surface area (Å²) in [6.45, 7) is 3.77. The van der Waals surface area contributed by atoms with Crippen LogP contribution in [0, 0.1) is 13.8 Å². The molecule has 2 heterocycles. The number of carbonyl (C=O) groups is 1. The zero-order valence-electron chi connectivity index (χ0n) is 10.9. The Morgan fingerprint density at radius 3 is 2.79 bits per heavy atom. The first-order valence-electron chi connectivity index (χ1n) is 6.01. The number of anilines is 1. The largest absolute Gasteiger partial charge is 0.308 e. The summed E-state index contributed by atoms with van der Waals surface area (Å²) in [5, 5.41) is 9.56. The van der Waals surface area contributed by atoms with E-state index in [4.69, 9.17) is 0 Å². The molecule has 1 fully saturated rings. The first kappa shape index (κ1) is 14.4. The van der Waals surface area contributed by atoms with Gasteiger partial charge in [0.25, 0.3) is 0 Å². The molecule has 0 saturated carbocycles. The molecule has 0 aliphatic carbocycles. The van der Waals surface area contributed by atoms with Crippen molar-refractivity contribution in [2.24, 2.45) is 0 Å². The lowest BCUT2D eigenvalue weighted by Gasteiger charge is -2.07. The summed E-state index contributed by atoms with van der Waals surface area (Å²) in [4.78, 5) is 11.8. The zero-order chi connectivity index (χ0) is 14.0. The van der Waals surface area contributed by atoms with E-state index < -0.39 is 9.84 Å². The number of thioether (sulfide) groups is 1. The summed E-state index contributed by atoms with van der Waals surface area (Å²) < 4.78 is 22.6. The van der Waals surface area contributed by atoms with Crippen LogP contribution in [0.3, 0.4) is 0 Å². The van der Waals surface area contributed by atoms with E-state index in [1.165, 1.54) is 11.8 Å². The quantitative estimate of drug-likeness (QED) is 0.861. The van der Waals surface area contributed by atoms with Gasteiger partial charge in [-0.2, -0.15) is 5.10 Å². The third-order valence-corrected chi connectivity index (χ3v) is 6.43. The molecule has 1 aliphatic heterocycles. The third-order valence-electron chi connectivity index (χ3n) is 3.15. The van der Waals surface area contributed by atoms with Crippen molar-refractivity contribution in [1.29, 1.82) is 0 Å². The molecule has 2 rings (SSSR count). The highest BCUT2D eigenvalue weighted by Gasteiger charge is 2.28. The number of sulfone groups is 1. The van der Waals surface area contributed by atoms with Gasteiger partial charge in [0, 0.05) is 16.5 Å². The third kappa shape index (κ3) is 3.73. The van der Waals surface area contributed by atoms with Crippen LogP contribution in [0.4, 0.5) is 5.82 Å². The second-order valence-corrected chi connectivity index (χ2v) is 8.22. The van der Waals surface area contributed by atoms with Crippen molar-refractivity contribution in [3.63, 3.8) is 0 Å². The van der Waals surface area contributed by atoms with Crippen LogP contribution in [0.1, 0.15) is 17.7 Å². The zero-order valence-corrected chi connectivity index (χ0v) is 12.5. The van der Waals surface area contributed by atoms with E-state index in [9.17, 15) is 13.2 Å². The second kappa shape index (κ2) is 5.54. The Morgan fingerprint density at radius 1 is 1.53 bits per heavy atom. The summed E-state index contributed by atoms with van der Waals surface area (Å²) >= 11 is 1.40. The van der Waals surface area contributed by atoms with Gasteiger partial charge in [-0.15, -0.1) is 11.8 Å². The minimum Gasteiger partial charge on any atom is -0.308 e. The molecule has 0 spiro atoms. The molecule has 6 nitrogen and oxygen atoms in total. The topological polar surface area (TPSA) is 91.9 Å². The van der Waals surface area contributed by atoms with Gasteiger partial charge in [-0.25, -0.2) is 8.42 Å². The second-order valence-electron chi connectivity index (χ2n) is 4.71. The van der Waals surface area contributed by atoms with Crippen molar-refractivity contribution in [2.75, 3.05) is 22.6 Å². The molecule has 8 heteroatoms. The molecule has 0 aromatic carbocycles. The summed E-state index contributed by atoms with van der Waals surface area (Å²) in [5.41, 5.74) is 1.84. The standard InChI is InChI=1S/C11H17N3O3S2/c1-7-8(2)13-14-11(7)12-10(15)5-18-9-3-4-19(16,17)6-9/h9H,3-6H2,1-2H3,(H2,12,13,14,15). The van der Waals surface area contributed by atoms with E-state index in [1.807, 2.05) is 13.8 Å². The Bertz CT molecular complexity index is 580. The van der Waals surface area contributed by atoms with Crippen molar-refractivity contribution < 1.29 is 13.2 Å². The molecule has 19 heavy (non-hydrogen) atoms. The smallest absolute Gasteiger partial charge is 0.235 e. The predicted molar refractivity (Wildman–Crippen MR) is 76.2 cm³/mol. The number of hydrogen-bond acceptors (Lipinski definition) is 5. The Hall–Kier alpha value is -1.02. The molecule has 1 aliphatic rings. The lowest BCUT2D eigenvalue weighted by molar-refractivity contribution is -0.113. The highest BCUT2D eigenvalue weighted by Crippen LogP contribution is 2.24. The molecule has 1 aromatic heterocycles. The summed E-state index contributed by atoms with van der Waals surface area (Å²) in [7, 11) is -2.88. The van der Waals surface area contributed by atoms with Crippen LogP contribution in [0.25, 0.3) is 0 Å². The van der Waals surface area contributed by atoms with E-state index in [-0.39, 0.29) is 28.4 Å². The van der Waals surface area contributed by atoms with Crippen LogP contribution in [0.2, 0.25) is 0 Å². The number of hydrogen-bond donors (Lipinski definition) is 2.